The van der Waals surface area contributed by atoms with Crippen LogP contribution in [0.3, 0.4) is 0 Å². The Balaban J connectivity index is 1.44. The highest BCUT2D eigenvalue weighted by atomic mass is 19.1. The molecule has 158 valence electrons. The van der Waals surface area contributed by atoms with Gasteiger partial charge < -0.3 is 19.5 Å². The van der Waals surface area contributed by atoms with Gasteiger partial charge in [0, 0.05) is 44.0 Å². The highest BCUT2D eigenvalue weighted by Gasteiger charge is 2.34. The van der Waals surface area contributed by atoms with Crippen molar-refractivity contribution >= 4 is 17.2 Å². The lowest BCUT2D eigenvalue weighted by molar-refractivity contribution is 0.122. The molecule has 0 saturated carbocycles. The Kier molecular flexibility index (Phi) is 4.30. The number of nitrogens with one attached hydrogen (secondary N) is 1. The first-order valence-corrected chi connectivity index (χ1v) is 10.4. The molecule has 1 saturated heterocycles. The van der Waals surface area contributed by atoms with Gasteiger partial charge in [-0.1, -0.05) is 0 Å². The molecular formula is C21H21FN8O. The van der Waals surface area contributed by atoms with E-state index in [1.54, 1.807) is 35.5 Å². The molecule has 1 N–H and O–H groups in total. The Morgan fingerprint density at radius 1 is 1.06 bits per heavy atom. The first-order chi connectivity index (χ1) is 15.3. The van der Waals surface area contributed by atoms with Crippen LogP contribution in [0.4, 0.5) is 16.0 Å². The van der Waals surface area contributed by atoms with Crippen LogP contribution in [0.15, 0.2) is 43.1 Å². The standard InChI is InChI=1S/C21H21FN8O/c22-14-2-1-4-30-17(14)10-16(27-30)21-20-15(23-12-26-20)3-5-29(21)19-11-18(24-13-25-19)28-6-8-31-9-7-28/h1-2,4,10-13,21H,3,5-9H2,(H,23,26)/t21-/m1/s1. The van der Waals surface area contributed by atoms with Gasteiger partial charge in [-0.2, -0.15) is 5.10 Å². The third kappa shape index (κ3) is 3.10. The van der Waals surface area contributed by atoms with Crippen LogP contribution in [-0.2, 0) is 11.2 Å². The lowest BCUT2D eigenvalue weighted by atomic mass is 9.99. The third-order valence-corrected chi connectivity index (χ3v) is 5.94. The minimum absolute atomic E-state index is 0.276. The summed E-state index contributed by atoms with van der Waals surface area (Å²) in [6.45, 7) is 3.71. The van der Waals surface area contributed by atoms with Gasteiger partial charge in [-0.25, -0.2) is 23.9 Å². The molecule has 9 nitrogen and oxygen atoms in total. The fourth-order valence-electron chi connectivity index (χ4n) is 4.42. The van der Waals surface area contributed by atoms with E-state index in [0.717, 1.165) is 54.8 Å². The van der Waals surface area contributed by atoms with E-state index < -0.39 is 0 Å². The molecule has 0 aromatic carbocycles. The summed E-state index contributed by atoms with van der Waals surface area (Å²) < 4.78 is 21.4. The molecule has 10 heteroatoms. The van der Waals surface area contributed by atoms with Gasteiger partial charge in [0.05, 0.1) is 30.9 Å². The monoisotopic (exact) mass is 420 g/mol. The van der Waals surface area contributed by atoms with E-state index in [2.05, 4.69) is 34.8 Å². The van der Waals surface area contributed by atoms with Crippen molar-refractivity contribution in [3.8, 4) is 0 Å². The van der Waals surface area contributed by atoms with E-state index in [1.807, 2.05) is 6.07 Å². The Labute approximate surface area is 177 Å². The topological polar surface area (TPSA) is 87.5 Å². The van der Waals surface area contributed by atoms with E-state index in [0.29, 0.717) is 18.7 Å². The van der Waals surface area contributed by atoms with Gasteiger partial charge in [0.15, 0.2) is 0 Å². The number of imidazole rings is 1. The van der Waals surface area contributed by atoms with Crippen molar-refractivity contribution < 1.29 is 9.13 Å². The van der Waals surface area contributed by atoms with Crippen molar-refractivity contribution in [2.24, 2.45) is 0 Å². The second-order valence-electron chi connectivity index (χ2n) is 7.70. The molecule has 1 fully saturated rings. The number of hydrogen-bond acceptors (Lipinski definition) is 7. The Hall–Kier alpha value is -3.53. The average molecular weight is 420 g/mol. The largest absolute Gasteiger partial charge is 0.378 e. The summed E-state index contributed by atoms with van der Waals surface area (Å²) in [5.74, 6) is 1.37. The zero-order valence-electron chi connectivity index (χ0n) is 16.8. The molecule has 1 atom stereocenters. The maximum atomic E-state index is 14.3. The number of H-pyrrole nitrogens is 1. The van der Waals surface area contributed by atoms with E-state index >= 15 is 0 Å². The molecule has 6 rings (SSSR count). The smallest absolute Gasteiger partial charge is 0.148 e. The third-order valence-electron chi connectivity index (χ3n) is 5.94. The number of morpholine rings is 1. The van der Waals surface area contributed by atoms with Gasteiger partial charge in [-0.15, -0.1) is 0 Å². The highest BCUT2D eigenvalue weighted by Crippen LogP contribution is 2.36. The number of nitrogens with zero attached hydrogens (tertiary/aromatic N) is 7. The minimum Gasteiger partial charge on any atom is -0.378 e. The molecule has 31 heavy (non-hydrogen) atoms. The second kappa shape index (κ2) is 7.31. The van der Waals surface area contributed by atoms with Gasteiger partial charge in [0.1, 0.15) is 35.3 Å². The van der Waals surface area contributed by atoms with Crippen molar-refractivity contribution in [2.45, 2.75) is 12.5 Å². The molecule has 2 aliphatic rings. The zero-order chi connectivity index (χ0) is 20.8. The summed E-state index contributed by atoms with van der Waals surface area (Å²) in [5.41, 5.74) is 3.13. The predicted octanol–water partition coefficient (Wildman–Crippen LogP) is 1.98. The maximum absolute atomic E-state index is 14.3. The molecule has 0 spiro atoms. The van der Waals surface area contributed by atoms with E-state index in [1.165, 1.54) is 6.07 Å². The zero-order valence-corrected chi connectivity index (χ0v) is 16.8. The van der Waals surface area contributed by atoms with Crippen molar-refractivity contribution in [1.82, 2.24) is 29.5 Å². The Bertz CT molecular complexity index is 1230. The average Bonchev–Trinajstić information content (AvgIpc) is 3.47. The number of pyridine rings is 1. The van der Waals surface area contributed by atoms with E-state index in [9.17, 15) is 4.39 Å². The number of aromatic nitrogens is 6. The molecule has 4 aromatic rings. The van der Waals surface area contributed by atoms with Gasteiger partial charge in [-0.3, -0.25) is 0 Å². The van der Waals surface area contributed by atoms with Crippen LogP contribution in [0.25, 0.3) is 5.52 Å². The van der Waals surface area contributed by atoms with Crippen LogP contribution in [-0.4, -0.2) is 62.4 Å². The number of rotatable bonds is 3. The molecule has 0 unspecified atom stereocenters. The van der Waals surface area contributed by atoms with Crippen LogP contribution in [0.1, 0.15) is 23.1 Å². The van der Waals surface area contributed by atoms with Crippen LogP contribution in [0, 0.1) is 5.82 Å². The summed E-state index contributed by atoms with van der Waals surface area (Å²) in [6.07, 6.45) is 5.86. The van der Waals surface area contributed by atoms with E-state index in [4.69, 9.17) is 4.74 Å². The van der Waals surface area contributed by atoms with E-state index in [-0.39, 0.29) is 11.9 Å². The van der Waals surface area contributed by atoms with Gasteiger partial charge in [0.25, 0.3) is 0 Å². The molecular weight excluding hydrogens is 399 g/mol. The first-order valence-electron chi connectivity index (χ1n) is 10.4. The SMILES string of the molecule is Fc1cccn2nc([C@@H]3c4nc[nH]c4CCN3c3cc(N4CCOCC4)ncn3)cc12. The van der Waals surface area contributed by atoms with Gasteiger partial charge in [0.2, 0.25) is 0 Å². The fraction of sp³-hybridized carbons (Fsp3) is 0.333. The Morgan fingerprint density at radius 3 is 2.81 bits per heavy atom. The van der Waals surface area contributed by atoms with Crippen molar-refractivity contribution in [3.63, 3.8) is 0 Å². The van der Waals surface area contributed by atoms with Crippen molar-refractivity contribution in [3.05, 3.63) is 66.0 Å². The lowest BCUT2D eigenvalue weighted by Crippen LogP contribution is -2.39. The molecule has 2 aliphatic heterocycles. The molecule has 0 aliphatic carbocycles. The number of fused-ring (bicyclic) bond motifs is 2. The van der Waals surface area contributed by atoms with Gasteiger partial charge >= 0.3 is 0 Å². The summed E-state index contributed by atoms with van der Waals surface area (Å²) in [4.78, 5) is 21.2. The summed E-state index contributed by atoms with van der Waals surface area (Å²) >= 11 is 0. The second-order valence-corrected chi connectivity index (χ2v) is 7.70. The maximum Gasteiger partial charge on any atom is 0.148 e. The molecule has 0 amide bonds. The quantitative estimate of drug-likeness (QED) is 0.542. The highest BCUT2D eigenvalue weighted by molar-refractivity contribution is 5.57. The molecule has 0 radical (unpaired) electrons. The molecule has 4 aromatic heterocycles. The van der Waals surface area contributed by atoms with Crippen LogP contribution < -0.4 is 9.80 Å². The van der Waals surface area contributed by atoms with Crippen molar-refractivity contribution in [2.75, 3.05) is 42.6 Å². The van der Waals surface area contributed by atoms with Crippen LogP contribution in [0.2, 0.25) is 0 Å². The minimum atomic E-state index is -0.303. The number of ether oxygens (including phenoxy) is 1. The molecule has 0 bridgehead atoms. The number of halogens is 1. The Morgan fingerprint density at radius 2 is 1.94 bits per heavy atom. The summed E-state index contributed by atoms with van der Waals surface area (Å²) in [6, 6.07) is 6.62. The number of aromatic amines is 1. The predicted molar refractivity (Wildman–Crippen MR) is 112 cm³/mol. The molecule has 6 heterocycles. The number of anilines is 2. The normalized spacial score (nSPS) is 19.1. The first kappa shape index (κ1) is 18.3. The summed E-state index contributed by atoms with van der Waals surface area (Å²) in [7, 11) is 0. The summed E-state index contributed by atoms with van der Waals surface area (Å²) in [5, 5.41) is 4.67. The van der Waals surface area contributed by atoms with Gasteiger partial charge in [-0.05, 0) is 18.2 Å². The number of hydrogen-bond donors (Lipinski definition) is 1. The van der Waals surface area contributed by atoms with Crippen LogP contribution >= 0.6 is 0 Å². The van der Waals surface area contributed by atoms with Crippen LogP contribution in [0.5, 0.6) is 0 Å². The van der Waals surface area contributed by atoms with Crippen molar-refractivity contribution in [1.29, 1.82) is 0 Å². The lowest BCUT2D eigenvalue weighted by Gasteiger charge is -2.35. The fourth-order valence-corrected chi connectivity index (χ4v) is 4.42.